The molecule has 0 unspecified atom stereocenters. The highest BCUT2D eigenvalue weighted by molar-refractivity contribution is 5.87. The van der Waals surface area contributed by atoms with Gasteiger partial charge in [-0.05, 0) is 19.9 Å². The van der Waals surface area contributed by atoms with Crippen molar-refractivity contribution < 1.29 is 19.4 Å². The van der Waals surface area contributed by atoms with E-state index in [1.807, 2.05) is 13.8 Å². The first-order chi connectivity index (χ1) is 8.58. The van der Waals surface area contributed by atoms with Crippen molar-refractivity contribution in [2.45, 2.75) is 13.8 Å². The van der Waals surface area contributed by atoms with E-state index in [-0.39, 0.29) is 23.8 Å². The number of ether oxygens (including phenoxy) is 1. The Kier molecular flexibility index (Phi) is 5.10. The summed E-state index contributed by atoms with van der Waals surface area (Å²) in [5.74, 6) is -0.945. The maximum Gasteiger partial charge on any atom is 0.337 e. The highest BCUT2D eigenvalue weighted by Crippen LogP contribution is 2.11. The molecule has 0 aliphatic rings. The number of aromatic carboxylic acids is 1. The van der Waals surface area contributed by atoms with Crippen LogP contribution in [0.4, 0.5) is 0 Å². The molecule has 6 heteroatoms. The van der Waals surface area contributed by atoms with E-state index in [0.29, 0.717) is 13.1 Å². The third-order valence-electron chi connectivity index (χ3n) is 2.44. The molecule has 0 aromatic carbocycles. The van der Waals surface area contributed by atoms with E-state index in [9.17, 15) is 9.59 Å². The number of likely N-dealkylation sites (N-methyl/N-ethyl adjacent to an activating group) is 1. The van der Waals surface area contributed by atoms with Gasteiger partial charge in [0.1, 0.15) is 5.75 Å². The molecule has 0 atom stereocenters. The van der Waals surface area contributed by atoms with Crippen LogP contribution < -0.4 is 4.74 Å². The number of rotatable bonds is 6. The molecule has 0 aliphatic carbocycles. The number of hydrogen-bond donors (Lipinski definition) is 1. The largest absolute Gasteiger partial charge is 0.482 e. The second-order valence-electron chi connectivity index (χ2n) is 3.57. The Hall–Kier alpha value is -2.11. The van der Waals surface area contributed by atoms with Crippen molar-refractivity contribution in [2.24, 2.45) is 0 Å². The minimum Gasteiger partial charge on any atom is -0.482 e. The Morgan fingerprint density at radius 3 is 2.56 bits per heavy atom. The van der Waals surface area contributed by atoms with E-state index >= 15 is 0 Å². The zero-order valence-corrected chi connectivity index (χ0v) is 10.4. The Labute approximate surface area is 105 Å². The van der Waals surface area contributed by atoms with E-state index in [0.717, 1.165) is 0 Å². The second kappa shape index (κ2) is 6.58. The van der Waals surface area contributed by atoms with Gasteiger partial charge < -0.3 is 14.7 Å². The van der Waals surface area contributed by atoms with Gasteiger partial charge in [0.25, 0.3) is 5.91 Å². The summed E-state index contributed by atoms with van der Waals surface area (Å²) >= 11 is 0. The van der Waals surface area contributed by atoms with Crippen LogP contribution in [-0.4, -0.2) is 46.6 Å². The van der Waals surface area contributed by atoms with E-state index in [2.05, 4.69) is 4.98 Å². The molecule has 1 amide bonds. The predicted molar refractivity (Wildman–Crippen MR) is 64.6 cm³/mol. The lowest BCUT2D eigenvalue weighted by Gasteiger charge is -2.18. The van der Waals surface area contributed by atoms with Gasteiger partial charge >= 0.3 is 5.97 Å². The number of carboxylic acid groups (broad SMARTS) is 1. The number of carbonyl (C=O) groups is 2. The molecule has 1 aromatic rings. The molecule has 18 heavy (non-hydrogen) atoms. The summed E-state index contributed by atoms with van der Waals surface area (Å²) in [7, 11) is 0. The molecule has 0 saturated heterocycles. The van der Waals surface area contributed by atoms with E-state index in [1.54, 1.807) is 4.90 Å². The number of nitrogens with zero attached hydrogens (tertiary/aromatic N) is 2. The molecule has 1 heterocycles. The summed E-state index contributed by atoms with van der Waals surface area (Å²) in [6.45, 7) is 4.88. The maximum absolute atomic E-state index is 11.7. The SMILES string of the molecule is CCN(CC)C(=O)COc1cncc(C(=O)O)c1. The fraction of sp³-hybridized carbons (Fsp3) is 0.417. The van der Waals surface area contributed by atoms with Crippen LogP contribution >= 0.6 is 0 Å². The minimum atomic E-state index is -1.08. The van der Waals surface area contributed by atoms with Crippen molar-refractivity contribution in [3.05, 3.63) is 24.0 Å². The van der Waals surface area contributed by atoms with Crippen molar-refractivity contribution in [1.29, 1.82) is 0 Å². The molecule has 0 saturated carbocycles. The number of carbonyl (C=O) groups excluding carboxylic acids is 1. The first kappa shape index (κ1) is 14.0. The third kappa shape index (κ3) is 3.73. The summed E-state index contributed by atoms with van der Waals surface area (Å²) in [5, 5.41) is 8.78. The standard InChI is InChI=1S/C12H16N2O4/c1-3-14(4-2)11(15)8-18-10-5-9(12(16)17)6-13-7-10/h5-7H,3-4,8H2,1-2H3,(H,16,17). The summed E-state index contributed by atoms with van der Waals surface area (Å²) in [4.78, 5) is 27.8. The zero-order chi connectivity index (χ0) is 13.5. The van der Waals surface area contributed by atoms with Gasteiger partial charge in [-0.25, -0.2) is 4.79 Å². The van der Waals surface area contributed by atoms with Gasteiger partial charge in [0.2, 0.25) is 0 Å². The Bertz CT molecular complexity index is 430. The third-order valence-corrected chi connectivity index (χ3v) is 2.44. The summed E-state index contributed by atoms with van der Waals surface area (Å²) in [5.41, 5.74) is 0.0304. The van der Waals surface area contributed by atoms with Crippen molar-refractivity contribution >= 4 is 11.9 Å². The van der Waals surface area contributed by atoms with Crippen LogP contribution in [0.5, 0.6) is 5.75 Å². The van der Waals surface area contributed by atoms with Gasteiger partial charge in [0.15, 0.2) is 6.61 Å². The van der Waals surface area contributed by atoms with Gasteiger partial charge in [0.05, 0.1) is 11.8 Å². The lowest BCUT2D eigenvalue weighted by molar-refractivity contribution is -0.132. The quantitative estimate of drug-likeness (QED) is 0.817. The maximum atomic E-state index is 11.7. The molecular weight excluding hydrogens is 236 g/mol. The Balaban J connectivity index is 2.61. The molecular formula is C12H16N2O4. The average molecular weight is 252 g/mol. The lowest BCUT2D eigenvalue weighted by Crippen LogP contribution is -2.34. The summed E-state index contributed by atoms with van der Waals surface area (Å²) in [6.07, 6.45) is 2.60. The smallest absolute Gasteiger partial charge is 0.337 e. The van der Waals surface area contributed by atoms with Crippen LogP contribution in [0, 0.1) is 0 Å². The van der Waals surface area contributed by atoms with Gasteiger partial charge in [-0.1, -0.05) is 0 Å². The highest BCUT2D eigenvalue weighted by atomic mass is 16.5. The normalized spacial score (nSPS) is 9.89. The van der Waals surface area contributed by atoms with Crippen molar-refractivity contribution in [3.63, 3.8) is 0 Å². The molecule has 1 rings (SSSR count). The fourth-order valence-corrected chi connectivity index (χ4v) is 1.43. The number of carboxylic acids is 1. The van der Waals surface area contributed by atoms with E-state index in [1.165, 1.54) is 18.5 Å². The van der Waals surface area contributed by atoms with Crippen LogP contribution in [0.25, 0.3) is 0 Å². The first-order valence-electron chi connectivity index (χ1n) is 5.67. The molecule has 0 radical (unpaired) electrons. The van der Waals surface area contributed by atoms with Crippen molar-refractivity contribution in [3.8, 4) is 5.75 Å². The van der Waals surface area contributed by atoms with E-state index in [4.69, 9.17) is 9.84 Å². The van der Waals surface area contributed by atoms with Gasteiger partial charge in [-0.15, -0.1) is 0 Å². The summed E-state index contributed by atoms with van der Waals surface area (Å²) < 4.78 is 5.23. The number of aromatic nitrogens is 1. The van der Waals surface area contributed by atoms with Gasteiger partial charge in [0, 0.05) is 19.3 Å². The zero-order valence-electron chi connectivity index (χ0n) is 10.4. The molecule has 6 nitrogen and oxygen atoms in total. The van der Waals surface area contributed by atoms with E-state index < -0.39 is 5.97 Å². The number of pyridine rings is 1. The van der Waals surface area contributed by atoms with Crippen LogP contribution in [0.15, 0.2) is 18.5 Å². The molecule has 0 bridgehead atoms. The topological polar surface area (TPSA) is 79.7 Å². The fourth-order valence-electron chi connectivity index (χ4n) is 1.43. The average Bonchev–Trinajstić information content (AvgIpc) is 2.38. The molecule has 0 aliphatic heterocycles. The molecule has 0 spiro atoms. The van der Waals surface area contributed by atoms with Crippen molar-refractivity contribution in [2.75, 3.05) is 19.7 Å². The summed E-state index contributed by atoms with van der Waals surface area (Å²) in [6, 6.07) is 1.34. The monoisotopic (exact) mass is 252 g/mol. The second-order valence-corrected chi connectivity index (χ2v) is 3.57. The van der Waals surface area contributed by atoms with Crippen LogP contribution in [0.3, 0.4) is 0 Å². The first-order valence-corrected chi connectivity index (χ1v) is 5.67. The molecule has 98 valence electrons. The lowest BCUT2D eigenvalue weighted by atomic mass is 10.3. The molecule has 0 fully saturated rings. The minimum absolute atomic E-state index is 0.0304. The molecule has 1 N–H and O–H groups in total. The predicted octanol–water partition coefficient (Wildman–Crippen LogP) is 1.03. The number of amides is 1. The van der Waals surface area contributed by atoms with Gasteiger partial charge in [-0.3, -0.25) is 9.78 Å². The Morgan fingerprint density at radius 1 is 1.33 bits per heavy atom. The van der Waals surface area contributed by atoms with Crippen molar-refractivity contribution in [1.82, 2.24) is 9.88 Å². The van der Waals surface area contributed by atoms with Crippen LogP contribution in [0.1, 0.15) is 24.2 Å². The van der Waals surface area contributed by atoms with Gasteiger partial charge in [-0.2, -0.15) is 0 Å². The highest BCUT2D eigenvalue weighted by Gasteiger charge is 2.11. The van der Waals surface area contributed by atoms with Crippen LogP contribution in [-0.2, 0) is 4.79 Å². The Morgan fingerprint density at radius 2 is 2.00 bits per heavy atom. The van der Waals surface area contributed by atoms with Crippen LogP contribution in [0.2, 0.25) is 0 Å². The number of hydrogen-bond acceptors (Lipinski definition) is 4. The molecule has 1 aromatic heterocycles.